The number of β-amino-alcohol motifs (C(OH)–C–C–N with tert-alkyl or cyclic N) is 1. The van der Waals surface area contributed by atoms with Crippen molar-refractivity contribution in [3.63, 3.8) is 0 Å². The molecular weight excluding hydrogens is 434 g/mol. The summed E-state index contributed by atoms with van der Waals surface area (Å²) >= 11 is 6.15. The summed E-state index contributed by atoms with van der Waals surface area (Å²) in [7, 11) is 2.88. The van der Waals surface area contributed by atoms with E-state index in [1.165, 1.54) is 20.3 Å². The maximum atomic E-state index is 13.0. The molecule has 0 spiro atoms. The second kappa shape index (κ2) is 11.3. The van der Waals surface area contributed by atoms with E-state index < -0.39 is 11.9 Å². The lowest BCUT2D eigenvalue weighted by Crippen LogP contribution is -2.41. The van der Waals surface area contributed by atoms with Crippen molar-refractivity contribution in [2.75, 3.05) is 47.1 Å². The number of allylic oxidation sites excluding steroid dienone is 1. The van der Waals surface area contributed by atoms with Gasteiger partial charge in [-0.2, -0.15) is 0 Å². The second-order valence-corrected chi connectivity index (χ2v) is 7.88. The summed E-state index contributed by atoms with van der Waals surface area (Å²) in [4.78, 5) is 15.1. The number of ketones is 1. The number of hydrogen-bond acceptors (Lipinski definition) is 7. The molecule has 1 saturated heterocycles. The van der Waals surface area contributed by atoms with Gasteiger partial charge in [-0.1, -0.05) is 29.8 Å². The van der Waals surface area contributed by atoms with E-state index in [1.54, 1.807) is 30.3 Å². The van der Waals surface area contributed by atoms with Crippen LogP contribution in [0.3, 0.4) is 0 Å². The Kier molecular flexibility index (Phi) is 8.53. The van der Waals surface area contributed by atoms with Gasteiger partial charge >= 0.3 is 0 Å². The number of methoxy groups -OCH3 is 2. The molecule has 0 amide bonds. The molecule has 1 atom stereocenters. The molecule has 1 fully saturated rings. The van der Waals surface area contributed by atoms with Gasteiger partial charge in [-0.05, 0) is 23.8 Å². The van der Waals surface area contributed by atoms with Crippen molar-refractivity contribution in [3.05, 3.63) is 58.1 Å². The molecular formula is C24H28ClNO6. The van der Waals surface area contributed by atoms with Crippen molar-refractivity contribution in [1.82, 2.24) is 4.90 Å². The summed E-state index contributed by atoms with van der Waals surface area (Å²) in [6.07, 6.45) is 2.27. The molecule has 2 aromatic carbocycles. The zero-order valence-corrected chi connectivity index (χ0v) is 19.0. The van der Waals surface area contributed by atoms with E-state index in [0.29, 0.717) is 41.7 Å². The van der Waals surface area contributed by atoms with E-state index in [-0.39, 0.29) is 23.5 Å². The Morgan fingerprint density at radius 2 is 1.91 bits per heavy atom. The Hall–Kier alpha value is -2.58. The molecule has 0 aromatic heterocycles. The van der Waals surface area contributed by atoms with Crippen LogP contribution in [-0.2, 0) is 11.2 Å². The molecule has 32 heavy (non-hydrogen) atoms. The van der Waals surface area contributed by atoms with Gasteiger partial charge in [-0.25, -0.2) is 0 Å². The third-order valence-electron chi connectivity index (χ3n) is 5.35. The summed E-state index contributed by atoms with van der Waals surface area (Å²) in [6, 6.07) is 8.67. The van der Waals surface area contributed by atoms with Crippen molar-refractivity contribution in [2.45, 2.75) is 12.5 Å². The van der Waals surface area contributed by atoms with Gasteiger partial charge in [0.15, 0.2) is 5.78 Å². The fraction of sp³-hybridized carbons (Fsp3) is 0.375. The van der Waals surface area contributed by atoms with Crippen LogP contribution in [0.2, 0.25) is 5.02 Å². The van der Waals surface area contributed by atoms with Crippen molar-refractivity contribution >= 4 is 23.5 Å². The second-order valence-electron chi connectivity index (χ2n) is 7.47. The number of morpholine rings is 1. The maximum Gasteiger partial charge on any atom is 0.193 e. The van der Waals surface area contributed by atoms with Gasteiger partial charge in [0.05, 0.1) is 33.5 Å². The normalized spacial score (nSPS) is 15.6. The van der Waals surface area contributed by atoms with Crippen molar-refractivity contribution in [2.24, 2.45) is 0 Å². The Morgan fingerprint density at radius 1 is 1.22 bits per heavy atom. The largest absolute Gasteiger partial charge is 0.507 e. The number of halogens is 1. The fourth-order valence-corrected chi connectivity index (χ4v) is 3.88. The minimum Gasteiger partial charge on any atom is -0.507 e. The van der Waals surface area contributed by atoms with E-state index >= 15 is 0 Å². The quantitative estimate of drug-likeness (QED) is 0.438. The van der Waals surface area contributed by atoms with E-state index in [9.17, 15) is 15.0 Å². The molecule has 1 aliphatic rings. The number of aliphatic hydroxyl groups excluding tert-OH is 1. The van der Waals surface area contributed by atoms with Crippen molar-refractivity contribution in [3.8, 4) is 17.2 Å². The van der Waals surface area contributed by atoms with E-state index in [4.69, 9.17) is 25.8 Å². The number of hydrogen-bond donors (Lipinski definition) is 2. The average molecular weight is 462 g/mol. The number of aromatic hydroxyl groups is 1. The van der Waals surface area contributed by atoms with Gasteiger partial charge in [0.2, 0.25) is 0 Å². The zero-order chi connectivity index (χ0) is 23.1. The first-order valence-electron chi connectivity index (χ1n) is 10.4. The van der Waals surface area contributed by atoms with Crippen LogP contribution in [0.15, 0.2) is 36.4 Å². The van der Waals surface area contributed by atoms with Crippen LogP contribution in [0.5, 0.6) is 17.2 Å². The number of ether oxygens (including phenoxy) is 3. The molecule has 2 N–H and O–H groups in total. The lowest BCUT2D eigenvalue weighted by atomic mass is 9.97. The number of phenolic OH excluding ortho intramolecular Hbond substituents is 1. The zero-order valence-electron chi connectivity index (χ0n) is 18.2. The van der Waals surface area contributed by atoms with Gasteiger partial charge in [0.25, 0.3) is 0 Å². The molecule has 3 rings (SSSR count). The lowest BCUT2D eigenvalue weighted by molar-refractivity contribution is 0.0147. The Labute approximate surface area is 192 Å². The van der Waals surface area contributed by atoms with Gasteiger partial charge < -0.3 is 24.4 Å². The summed E-state index contributed by atoms with van der Waals surface area (Å²) in [5, 5.41) is 22.2. The molecule has 1 unspecified atom stereocenters. The number of rotatable bonds is 9. The molecule has 0 aliphatic carbocycles. The molecule has 2 aromatic rings. The summed E-state index contributed by atoms with van der Waals surface area (Å²) in [5.41, 5.74) is 1.03. The third-order valence-corrected chi connectivity index (χ3v) is 5.69. The predicted molar refractivity (Wildman–Crippen MR) is 123 cm³/mol. The Bertz CT molecular complexity index is 971. The van der Waals surface area contributed by atoms with Gasteiger partial charge in [0, 0.05) is 42.7 Å². The number of carbonyl (C=O) groups excluding carboxylic acids is 1. The minimum absolute atomic E-state index is 0.00479. The number of benzene rings is 2. The first kappa shape index (κ1) is 24.1. The first-order chi connectivity index (χ1) is 15.4. The molecule has 172 valence electrons. The van der Waals surface area contributed by atoms with Crippen LogP contribution in [0, 0.1) is 0 Å². The maximum absolute atomic E-state index is 13.0. The topological polar surface area (TPSA) is 88.5 Å². The third kappa shape index (κ3) is 5.81. The summed E-state index contributed by atoms with van der Waals surface area (Å²) in [5.74, 6) is -0.200. The number of nitrogens with zero attached hydrogens (tertiary/aromatic N) is 1. The first-order valence-corrected chi connectivity index (χ1v) is 10.7. The summed E-state index contributed by atoms with van der Waals surface area (Å²) < 4.78 is 16.1. The molecule has 7 nitrogen and oxygen atoms in total. The Morgan fingerprint density at radius 3 is 2.56 bits per heavy atom. The number of phenols is 1. The van der Waals surface area contributed by atoms with E-state index in [1.807, 2.05) is 6.07 Å². The average Bonchev–Trinajstić information content (AvgIpc) is 2.80. The predicted octanol–water partition coefficient (Wildman–Crippen LogP) is 3.19. The van der Waals surface area contributed by atoms with Gasteiger partial charge in [-0.15, -0.1) is 0 Å². The molecule has 1 aliphatic heterocycles. The number of carbonyl (C=O) groups is 1. The van der Waals surface area contributed by atoms with Crippen LogP contribution in [0.4, 0.5) is 0 Å². The van der Waals surface area contributed by atoms with Gasteiger partial charge in [-0.3, -0.25) is 9.69 Å². The van der Waals surface area contributed by atoms with Crippen LogP contribution in [0.1, 0.15) is 21.5 Å². The minimum atomic E-state index is -0.761. The highest BCUT2D eigenvalue weighted by molar-refractivity contribution is 6.32. The molecule has 0 radical (unpaired) electrons. The SMILES string of the molecule is COc1cc(OC)c(C(=O)C=Cc2ccccc2Cl)c(O)c1CC(O)CN1CCOCC1. The van der Waals surface area contributed by atoms with Crippen LogP contribution < -0.4 is 9.47 Å². The molecule has 1 heterocycles. The van der Waals surface area contributed by atoms with Crippen LogP contribution in [-0.4, -0.2) is 74.1 Å². The number of aliphatic hydroxyl groups is 1. The lowest BCUT2D eigenvalue weighted by Gasteiger charge is -2.29. The van der Waals surface area contributed by atoms with Crippen molar-refractivity contribution < 1.29 is 29.2 Å². The summed E-state index contributed by atoms with van der Waals surface area (Å²) in [6.45, 7) is 3.15. The highest BCUT2D eigenvalue weighted by Crippen LogP contribution is 2.40. The van der Waals surface area contributed by atoms with Crippen LogP contribution in [0.25, 0.3) is 6.08 Å². The standard InChI is InChI=1S/C24H28ClNO6/c1-30-21-14-22(31-2)23(20(28)8-7-16-5-3-4-6-19(16)25)24(29)18(21)13-17(27)15-26-9-11-32-12-10-26/h3-8,14,17,27,29H,9-13,15H2,1-2H3. The smallest absolute Gasteiger partial charge is 0.193 e. The molecule has 0 bridgehead atoms. The highest BCUT2D eigenvalue weighted by atomic mass is 35.5. The molecule has 8 heteroatoms. The molecule has 0 saturated carbocycles. The highest BCUT2D eigenvalue weighted by Gasteiger charge is 2.25. The van der Waals surface area contributed by atoms with Crippen molar-refractivity contribution in [1.29, 1.82) is 0 Å². The van der Waals surface area contributed by atoms with E-state index in [0.717, 1.165) is 13.1 Å². The Balaban J connectivity index is 1.88. The monoisotopic (exact) mass is 461 g/mol. The van der Waals surface area contributed by atoms with Gasteiger partial charge in [0.1, 0.15) is 22.8 Å². The van der Waals surface area contributed by atoms with Crippen LogP contribution >= 0.6 is 11.6 Å². The fourth-order valence-electron chi connectivity index (χ4n) is 3.68. The van der Waals surface area contributed by atoms with E-state index in [2.05, 4.69) is 4.90 Å².